The zero-order valence-corrected chi connectivity index (χ0v) is 7.76. The maximum atomic E-state index is 9.55. The van der Waals surface area contributed by atoms with E-state index in [0.29, 0.717) is 0 Å². The average molecular weight is 346 g/mol. The van der Waals surface area contributed by atoms with Crippen LogP contribution in [-0.4, -0.2) is 25.0 Å². The van der Waals surface area contributed by atoms with E-state index < -0.39 is 5.44 Å². The van der Waals surface area contributed by atoms with Crippen LogP contribution in [0.3, 0.4) is 0 Å². The largest absolute Gasteiger partial charge is 1.00 e. The third-order valence-electron chi connectivity index (χ3n) is 0.508. The van der Waals surface area contributed by atoms with Crippen molar-refractivity contribution < 1.29 is 41.4 Å². The Hall–Kier alpha value is 0.0303. The Balaban J connectivity index is 0. The molecular weight excluding hydrogens is 341 g/mol. The third-order valence-corrected chi connectivity index (χ3v) is 0.755. The van der Waals surface area contributed by atoms with Crippen LogP contribution < -0.4 is 0 Å². The summed E-state index contributed by atoms with van der Waals surface area (Å²) in [7, 11) is 0. The van der Waals surface area contributed by atoms with E-state index in [9.17, 15) is 9.59 Å². The fourth-order valence-corrected chi connectivity index (χ4v) is 0.343. The minimum atomic E-state index is -0.771. The standard InChI is InChI=1S/C4H6O4S.Au/c5-2-7-1-4(9)8-3-6;/h2-4,9H,1H2;/q;+1/p-1. The van der Waals surface area contributed by atoms with Gasteiger partial charge in [0, 0.05) is 5.44 Å². The van der Waals surface area contributed by atoms with Crippen LogP contribution in [0.2, 0.25) is 0 Å². The van der Waals surface area contributed by atoms with E-state index in [1.54, 1.807) is 0 Å². The first kappa shape index (κ1) is 12.7. The monoisotopic (exact) mass is 346 g/mol. The van der Waals surface area contributed by atoms with E-state index in [0.717, 1.165) is 0 Å². The van der Waals surface area contributed by atoms with Gasteiger partial charge in [0.25, 0.3) is 12.9 Å². The van der Waals surface area contributed by atoms with Crippen LogP contribution in [0.1, 0.15) is 0 Å². The first-order chi connectivity index (χ1) is 4.31. The number of hydrogen-bond acceptors (Lipinski definition) is 5. The van der Waals surface area contributed by atoms with Crippen LogP contribution in [0.25, 0.3) is 0 Å². The molecule has 1 unspecified atom stereocenters. The molecule has 0 aromatic carbocycles. The summed E-state index contributed by atoms with van der Waals surface area (Å²) in [6, 6.07) is 0. The van der Waals surface area contributed by atoms with Gasteiger partial charge < -0.3 is 22.1 Å². The van der Waals surface area contributed by atoms with Crippen LogP contribution in [0.15, 0.2) is 0 Å². The molecule has 0 saturated carbocycles. The van der Waals surface area contributed by atoms with Gasteiger partial charge in [-0.3, -0.25) is 9.59 Å². The second kappa shape index (κ2) is 9.03. The van der Waals surface area contributed by atoms with Crippen molar-refractivity contribution in [2.75, 3.05) is 6.61 Å². The first-order valence-electron chi connectivity index (χ1n) is 2.11. The van der Waals surface area contributed by atoms with E-state index in [2.05, 4.69) is 22.1 Å². The molecule has 62 valence electrons. The summed E-state index contributed by atoms with van der Waals surface area (Å²) in [5, 5.41) is 0. The molecule has 10 heavy (non-hydrogen) atoms. The van der Waals surface area contributed by atoms with E-state index in [-0.39, 0.29) is 41.9 Å². The smallest absolute Gasteiger partial charge is 0.745 e. The number of rotatable bonds is 5. The molecule has 0 aliphatic carbocycles. The molecule has 0 rings (SSSR count). The van der Waals surface area contributed by atoms with Gasteiger partial charge in [0.2, 0.25) is 0 Å². The summed E-state index contributed by atoms with van der Waals surface area (Å²) < 4.78 is 8.37. The zero-order valence-electron chi connectivity index (χ0n) is 4.78. The molecule has 6 heteroatoms. The predicted octanol–water partition coefficient (Wildman–Crippen LogP) is -0.797. The van der Waals surface area contributed by atoms with Crippen molar-refractivity contribution in [1.29, 1.82) is 0 Å². The molecular formula is C4H5AuO4S. The summed E-state index contributed by atoms with van der Waals surface area (Å²) in [5.74, 6) is 0. The van der Waals surface area contributed by atoms with Crippen molar-refractivity contribution in [3.63, 3.8) is 0 Å². The molecule has 0 N–H and O–H groups in total. The van der Waals surface area contributed by atoms with Gasteiger partial charge in [0.05, 0.1) is 0 Å². The van der Waals surface area contributed by atoms with Gasteiger partial charge in [0.1, 0.15) is 6.61 Å². The number of hydrogen-bond donors (Lipinski definition) is 0. The summed E-state index contributed by atoms with van der Waals surface area (Å²) in [6.07, 6.45) is 0. The Morgan fingerprint density at radius 2 is 2.00 bits per heavy atom. The maximum Gasteiger partial charge on any atom is 1.00 e. The van der Waals surface area contributed by atoms with Crippen molar-refractivity contribution in [2.45, 2.75) is 5.44 Å². The molecule has 0 aliphatic rings. The SMILES string of the molecule is O=COCC([S-])OC=O.[Au+]. The predicted molar refractivity (Wildman–Crippen MR) is 30.3 cm³/mol. The molecule has 0 aliphatic heterocycles. The average Bonchev–Trinajstić information content (AvgIpc) is 1.85. The molecule has 1 atom stereocenters. The third kappa shape index (κ3) is 8.03. The van der Waals surface area contributed by atoms with Gasteiger partial charge in [-0.1, -0.05) is 0 Å². The van der Waals surface area contributed by atoms with E-state index >= 15 is 0 Å². The molecule has 0 aromatic rings. The summed E-state index contributed by atoms with van der Waals surface area (Å²) in [5.41, 5.74) is -0.771. The van der Waals surface area contributed by atoms with Crippen LogP contribution in [-0.2, 0) is 54.1 Å². The zero-order chi connectivity index (χ0) is 7.11. The first-order valence-corrected chi connectivity index (χ1v) is 2.58. The molecule has 0 aromatic heterocycles. The van der Waals surface area contributed by atoms with Crippen molar-refractivity contribution in [3.8, 4) is 0 Å². The van der Waals surface area contributed by atoms with Crippen molar-refractivity contribution in [3.05, 3.63) is 0 Å². The Morgan fingerprint density at radius 1 is 1.40 bits per heavy atom. The Labute approximate surface area is 79.2 Å². The number of carbonyl (C=O) groups excluding carboxylic acids is 2. The van der Waals surface area contributed by atoms with Crippen molar-refractivity contribution in [2.24, 2.45) is 0 Å². The minimum absolute atomic E-state index is 0. The molecule has 0 heterocycles. The van der Waals surface area contributed by atoms with Gasteiger partial charge in [-0.25, -0.2) is 0 Å². The Kier molecular flexibility index (Phi) is 11.5. The molecule has 0 bridgehead atoms. The quantitative estimate of drug-likeness (QED) is 0.371. The van der Waals surface area contributed by atoms with Crippen LogP contribution in [0.5, 0.6) is 0 Å². The summed E-state index contributed by atoms with van der Waals surface area (Å²) in [6.45, 7) is 0.386. The van der Waals surface area contributed by atoms with E-state index in [1.807, 2.05) is 0 Å². The molecule has 0 radical (unpaired) electrons. The fourth-order valence-electron chi connectivity index (χ4n) is 0.219. The van der Waals surface area contributed by atoms with Gasteiger partial charge in [-0.05, 0) is 0 Å². The second-order valence-corrected chi connectivity index (χ2v) is 1.62. The van der Waals surface area contributed by atoms with Gasteiger partial charge >= 0.3 is 22.4 Å². The molecule has 0 saturated heterocycles. The number of carbonyl (C=O) groups is 2. The second-order valence-electron chi connectivity index (χ2n) is 1.09. The van der Waals surface area contributed by atoms with Crippen LogP contribution in [0, 0.1) is 0 Å². The Bertz CT molecular complexity index is 99.3. The fraction of sp³-hybridized carbons (Fsp3) is 0.500. The molecule has 4 nitrogen and oxygen atoms in total. The minimum Gasteiger partial charge on any atom is -0.745 e. The molecule has 0 amide bonds. The normalized spacial score (nSPS) is 10.5. The maximum absolute atomic E-state index is 9.55. The summed E-state index contributed by atoms with van der Waals surface area (Å²) >= 11 is 4.46. The van der Waals surface area contributed by atoms with Crippen molar-refractivity contribution in [1.82, 2.24) is 0 Å². The molecule has 0 spiro atoms. The molecule has 0 fully saturated rings. The van der Waals surface area contributed by atoms with Crippen LogP contribution >= 0.6 is 0 Å². The van der Waals surface area contributed by atoms with E-state index in [4.69, 9.17) is 0 Å². The Morgan fingerprint density at radius 3 is 2.40 bits per heavy atom. The van der Waals surface area contributed by atoms with Gasteiger partial charge in [0.15, 0.2) is 0 Å². The van der Waals surface area contributed by atoms with Gasteiger partial charge in [-0.2, -0.15) is 0 Å². The summed E-state index contributed by atoms with van der Waals surface area (Å²) in [4.78, 5) is 19.0. The van der Waals surface area contributed by atoms with Crippen LogP contribution in [0.4, 0.5) is 0 Å². The topological polar surface area (TPSA) is 52.6 Å². The van der Waals surface area contributed by atoms with Crippen molar-refractivity contribution >= 4 is 25.6 Å². The number of ether oxygens (including phenoxy) is 2. The van der Waals surface area contributed by atoms with Gasteiger partial charge in [-0.15, -0.1) is 0 Å². The van der Waals surface area contributed by atoms with E-state index in [1.165, 1.54) is 0 Å².